The first-order valence-corrected chi connectivity index (χ1v) is 7.44. The summed E-state index contributed by atoms with van der Waals surface area (Å²) < 4.78 is 5.48. The molecule has 0 aliphatic rings. The number of rotatable bonds is 5. The van der Waals surface area contributed by atoms with Crippen LogP contribution in [-0.4, -0.2) is 23.0 Å². The van der Waals surface area contributed by atoms with Crippen LogP contribution >= 0.6 is 11.3 Å². The Labute approximate surface area is 122 Å². The third-order valence-electron chi connectivity index (χ3n) is 2.99. The van der Waals surface area contributed by atoms with Crippen molar-refractivity contribution in [2.24, 2.45) is 0 Å². The summed E-state index contributed by atoms with van der Waals surface area (Å²) in [6.45, 7) is 4.37. The second kappa shape index (κ2) is 6.56. The van der Waals surface area contributed by atoms with Crippen molar-refractivity contribution in [3.8, 4) is 0 Å². The summed E-state index contributed by atoms with van der Waals surface area (Å²) >= 11 is 1.55. The van der Waals surface area contributed by atoms with Crippen molar-refractivity contribution in [3.63, 3.8) is 0 Å². The summed E-state index contributed by atoms with van der Waals surface area (Å²) in [5.74, 6) is 1.63. The van der Waals surface area contributed by atoms with Gasteiger partial charge in [-0.15, -0.1) is 11.3 Å². The van der Waals surface area contributed by atoms with E-state index in [-0.39, 0.29) is 12.1 Å². The van der Waals surface area contributed by atoms with E-state index in [0.717, 1.165) is 22.9 Å². The second-order valence-electron chi connectivity index (χ2n) is 4.65. The summed E-state index contributed by atoms with van der Waals surface area (Å²) in [5, 5.41) is 5.84. The number of furan rings is 1. The van der Waals surface area contributed by atoms with Gasteiger partial charge in [0.2, 0.25) is 0 Å². The number of hydrogen-bond acceptors (Lipinski definition) is 4. The molecule has 5 nitrogen and oxygen atoms in total. The summed E-state index contributed by atoms with van der Waals surface area (Å²) in [7, 11) is 1.75. The van der Waals surface area contributed by atoms with Gasteiger partial charge in [0.15, 0.2) is 0 Å². The van der Waals surface area contributed by atoms with Gasteiger partial charge in [-0.1, -0.05) is 6.92 Å². The summed E-state index contributed by atoms with van der Waals surface area (Å²) in [6, 6.07) is 3.62. The van der Waals surface area contributed by atoms with Crippen molar-refractivity contribution >= 4 is 17.4 Å². The van der Waals surface area contributed by atoms with E-state index >= 15 is 0 Å². The SMILES string of the molecule is CCC(NC(=O)N(C)Cc1ccc(C)o1)c1nccs1. The van der Waals surface area contributed by atoms with E-state index in [1.54, 1.807) is 29.5 Å². The highest BCUT2D eigenvalue weighted by Gasteiger charge is 2.18. The normalized spacial score (nSPS) is 12.2. The van der Waals surface area contributed by atoms with Gasteiger partial charge in [0.05, 0.1) is 12.6 Å². The average molecular weight is 293 g/mol. The number of urea groups is 1. The maximum atomic E-state index is 12.2. The maximum Gasteiger partial charge on any atom is 0.318 e. The van der Waals surface area contributed by atoms with Crippen LogP contribution in [0.1, 0.15) is 35.9 Å². The summed E-state index contributed by atoms with van der Waals surface area (Å²) in [6.07, 6.45) is 2.57. The van der Waals surface area contributed by atoms with Crippen molar-refractivity contribution in [2.75, 3.05) is 7.05 Å². The molecule has 0 bridgehead atoms. The fourth-order valence-corrected chi connectivity index (χ4v) is 2.65. The molecule has 0 aliphatic carbocycles. The van der Waals surface area contributed by atoms with Crippen molar-refractivity contribution in [1.29, 1.82) is 0 Å². The minimum atomic E-state index is -0.124. The Kier molecular flexibility index (Phi) is 4.79. The van der Waals surface area contributed by atoms with E-state index in [2.05, 4.69) is 10.3 Å². The van der Waals surface area contributed by atoms with Crippen LogP contribution in [0.3, 0.4) is 0 Å². The van der Waals surface area contributed by atoms with Crippen LogP contribution in [0, 0.1) is 6.92 Å². The minimum absolute atomic E-state index is 0.0386. The molecule has 0 fully saturated rings. The maximum absolute atomic E-state index is 12.2. The van der Waals surface area contributed by atoms with Gasteiger partial charge < -0.3 is 14.6 Å². The van der Waals surface area contributed by atoms with Crippen LogP contribution in [0.5, 0.6) is 0 Å². The van der Waals surface area contributed by atoms with Crippen molar-refractivity contribution in [1.82, 2.24) is 15.2 Å². The topological polar surface area (TPSA) is 58.4 Å². The molecule has 108 valence electrons. The van der Waals surface area contributed by atoms with Crippen molar-refractivity contribution in [2.45, 2.75) is 32.9 Å². The molecule has 0 aromatic carbocycles. The number of nitrogens with one attached hydrogen (secondary N) is 1. The first-order valence-electron chi connectivity index (χ1n) is 6.56. The van der Waals surface area contributed by atoms with Gasteiger partial charge in [0.1, 0.15) is 16.5 Å². The molecule has 20 heavy (non-hydrogen) atoms. The number of carbonyl (C=O) groups excluding carboxylic acids is 1. The molecule has 0 saturated carbocycles. The molecular weight excluding hydrogens is 274 g/mol. The van der Waals surface area contributed by atoms with Crippen LogP contribution < -0.4 is 5.32 Å². The van der Waals surface area contributed by atoms with Gasteiger partial charge in [0.25, 0.3) is 0 Å². The molecule has 2 aromatic rings. The lowest BCUT2D eigenvalue weighted by atomic mass is 10.2. The Morgan fingerprint density at radius 2 is 2.35 bits per heavy atom. The fourth-order valence-electron chi connectivity index (χ4n) is 1.88. The highest BCUT2D eigenvalue weighted by atomic mass is 32.1. The van der Waals surface area contributed by atoms with Crippen LogP contribution in [0.25, 0.3) is 0 Å². The number of hydrogen-bond donors (Lipinski definition) is 1. The Bertz CT molecular complexity index is 551. The zero-order valence-corrected chi connectivity index (χ0v) is 12.7. The number of carbonyl (C=O) groups is 1. The van der Waals surface area contributed by atoms with E-state index < -0.39 is 0 Å². The molecule has 1 N–H and O–H groups in total. The van der Waals surface area contributed by atoms with E-state index in [4.69, 9.17) is 4.42 Å². The van der Waals surface area contributed by atoms with Gasteiger partial charge in [-0.25, -0.2) is 9.78 Å². The van der Waals surface area contributed by atoms with Crippen molar-refractivity contribution < 1.29 is 9.21 Å². The Balaban J connectivity index is 1.93. The van der Waals surface area contributed by atoms with Gasteiger partial charge in [0, 0.05) is 18.6 Å². The summed E-state index contributed by atoms with van der Waals surface area (Å²) in [5.41, 5.74) is 0. The standard InChI is InChI=1S/C14H19N3O2S/c1-4-12(13-15-7-8-20-13)16-14(18)17(3)9-11-6-5-10(2)19-11/h5-8,12H,4,9H2,1-3H3,(H,16,18). The van der Waals surface area contributed by atoms with Crippen molar-refractivity contribution in [3.05, 3.63) is 40.2 Å². The lowest BCUT2D eigenvalue weighted by Crippen LogP contribution is -2.38. The van der Waals surface area contributed by atoms with Gasteiger partial charge >= 0.3 is 6.03 Å². The molecule has 1 unspecified atom stereocenters. The number of thiazole rings is 1. The largest absolute Gasteiger partial charge is 0.464 e. The van der Waals surface area contributed by atoms with Gasteiger partial charge in [-0.3, -0.25) is 0 Å². The Hall–Kier alpha value is -1.82. The van der Waals surface area contributed by atoms with Crippen LogP contribution in [0.15, 0.2) is 28.1 Å². The van der Waals surface area contributed by atoms with E-state index in [9.17, 15) is 4.79 Å². The average Bonchev–Trinajstić information content (AvgIpc) is 3.07. The molecule has 0 radical (unpaired) electrons. The molecule has 2 heterocycles. The third-order valence-corrected chi connectivity index (χ3v) is 3.88. The van der Waals surface area contributed by atoms with E-state index in [0.29, 0.717) is 6.54 Å². The molecule has 0 saturated heterocycles. The zero-order chi connectivity index (χ0) is 14.5. The molecule has 0 aliphatic heterocycles. The fraction of sp³-hybridized carbons (Fsp3) is 0.429. The Morgan fingerprint density at radius 1 is 1.55 bits per heavy atom. The quantitative estimate of drug-likeness (QED) is 0.919. The predicted octanol–water partition coefficient (Wildman–Crippen LogP) is 3.34. The summed E-state index contributed by atoms with van der Waals surface area (Å²) in [4.78, 5) is 18.0. The van der Waals surface area contributed by atoms with Crippen LogP contribution in [0.4, 0.5) is 4.79 Å². The first kappa shape index (κ1) is 14.6. The third kappa shape index (κ3) is 3.60. The van der Waals surface area contributed by atoms with Gasteiger partial charge in [-0.05, 0) is 25.5 Å². The highest BCUT2D eigenvalue weighted by Crippen LogP contribution is 2.19. The monoisotopic (exact) mass is 293 g/mol. The number of nitrogens with zero attached hydrogens (tertiary/aromatic N) is 2. The molecule has 6 heteroatoms. The first-order chi connectivity index (χ1) is 9.60. The lowest BCUT2D eigenvalue weighted by Gasteiger charge is -2.21. The molecule has 2 rings (SSSR count). The number of aromatic nitrogens is 1. The second-order valence-corrected chi connectivity index (χ2v) is 5.58. The molecule has 2 aromatic heterocycles. The molecule has 2 amide bonds. The Morgan fingerprint density at radius 3 is 2.90 bits per heavy atom. The predicted molar refractivity (Wildman–Crippen MR) is 78.6 cm³/mol. The molecular formula is C14H19N3O2S. The van der Waals surface area contributed by atoms with E-state index in [1.807, 2.05) is 31.4 Å². The highest BCUT2D eigenvalue weighted by molar-refractivity contribution is 7.09. The lowest BCUT2D eigenvalue weighted by molar-refractivity contribution is 0.198. The zero-order valence-electron chi connectivity index (χ0n) is 11.9. The molecule has 0 spiro atoms. The number of aryl methyl sites for hydroxylation is 1. The molecule has 1 atom stereocenters. The van der Waals surface area contributed by atoms with E-state index in [1.165, 1.54) is 0 Å². The smallest absolute Gasteiger partial charge is 0.318 e. The van der Waals surface area contributed by atoms with Gasteiger partial charge in [-0.2, -0.15) is 0 Å². The minimum Gasteiger partial charge on any atom is -0.464 e. The van der Waals surface area contributed by atoms with Crippen LogP contribution in [0.2, 0.25) is 0 Å². The van der Waals surface area contributed by atoms with Crippen LogP contribution in [-0.2, 0) is 6.54 Å². The number of amides is 2.